The summed E-state index contributed by atoms with van der Waals surface area (Å²) in [4.78, 5) is 12.1. The topological polar surface area (TPSA) is 84.5 Å². The first-order valence-electron chi connectivity index (χ1n) is 7.05. The number of ether oxygens (including phenoxy) is 1. The molecule has 0 bridgehead atoms. The summed E-state index contributed by atoms with van der Waals surface area (Å²) in [6.45, 7) is 2.91. The van der Waals surface area contributed by atoms with Gasteiger partial charge in [-0.05, 0) is 43.5 Å². The highest BCUT2D eigenvalue weighted by atomic mass is 32.2. The van der Waals surface area contributed by atoms with Crippen molar-refractivity contribution in [2.45, 2.75) is 37.2 Å². The number of hydrogen-bond acceptors (Lipinski definition) is 4. The number of rotatable bonds is 6. The van der Waals surface area contributed by atoms with Crippen LogP contribution in [0.1, 0.15) is 26.2 Å². The van der Waals surface area contributed by atoms with Gasteiger partial charge in [0.1, 0.15) is 6.10 Å². The van der Waals surface area contributed by atoms with Gasteiger partial charge in [0.25, 0.3) is 5.91 Å². The van der Waals surface area contributed by atoms with E-state index >= 15 is 0 Å². The Morgan fingerprint density at radius 1 is 1.33 bits per heavy atom. The number of sulfonamides is 1. The smallest absolute Gasteiger partial charge is 0.253 e. The van der Waals surface area contributed by atoms with Crippen LogP contribution < -0.4 is 10.0 Å². The van der Waals surface area contributed by atoms with E-state index < -0.39 is 16.1 Å². The molecule has 0 saturated carbocycles. The molecule has 1 atom stereocenters. The minimum absolute atomic E-state index is 0.186. The molecule has 1 saturated heterocycles. The zero-order chi connectivity index (χ0) is 15.3. The molecule has 7 heteroatoms. The molecule has 6 nitrogen and oxygen atoms in total. The Hall–Kier alpha value is -1.44. The summed E-state index contributed by atoms with van der Waals surface area (Å²) in [5.41, 5.74) is 0.560. The summed E-state index contributed by atoms with van der Waals surface area (Å²) < 4.78 is 31.6. The van der Waals surface area contributed by atoms with Crippen LogP contribution in [0, 0.1) is 0 Å². The molecular weight excluding hydrogens is 292 g/mol. The monoisotopic (exact) mass is 312 g/mol. The quantitative estimate of drug-likeness (QED) is 0.833. The van der Waals surface area contributed by atoms with Crippen molar-refractivity contribution >= 4 is 21.6 Å². The van der Waals surface area contributed by atoms with Crippen molar-refractivity contribution in [3.8, 4) is 0 Å². The SMILES string of the molecule is CCCNS(=O)(=O)c1ccc(NC(=O)[C@H]2CCCO2)cc1. The van der Waals surface area contributed by atoms with Crippen LogP contribution in [0.25, 0.3) is 0 Å². The highest BCUT2D eigenvalue weighted by Crippen LogP contribution is 2.17. The minimum Gasteiger partial charge on any atom is -0.368 e. The molecule has 0 unspecified atom stereocenters. The molecular formula is C14H20N2O4S. The lowest BCUT2D eigenvalue weighted by atomic mass is 10.2. The van der Waals surface area contributed by atoms with Gasteiger partial charge >= 0.3 is 0 Å². The van der Waals surface area contributed by atoms with E-state index in [0.29, 0.717) is 18.8 Å². The number of carbonyl (C=O) groups excluding carboxylic acids is 1. The fraction of sp³-hybridized carbons (Fsp3) is 0.500. The summed E-state index contributed by atoms with van der Waals surface area (Å²) in [5.74, 6) is -0.188. The molecule has 1 aromatic rings. The first kappa shape index (κ1) is 15.9. The van der Waals surface area contributed by atoms with E-state index in [1.807, 2.05) is 6.92 Å². The fourth-order valence-corrected chi connectivity index (χ4v) is 3.18. The Morgan fingerprint density at radius 3 is 2.62 bits per heavy atom. The van der Waals surface area contributed by atoms with Gasteiger partial charge in [0.05, 0.1) is 4.90 Å². The third-order valence-corrected chi connectivity index (χ3v) is 4.67. The van der Waals surface area contributed by atoms with Crippen molar-refractivity contribution < 1.29 is 17.9 Å². The van der Waals surface area contributed by atoms with E-state index in [4.69, 9.17) is 4.74 Å². The van der Waals surface area contributed by atoms with Crippen molar-refractivity contribution in [1.82, 2.24) is 4.72 Å². The number of amides is 1. The van der Waals surface area contributed by atoms with E-state index in [0.717, 1.165) is 19.3 Å². The number of nitrogens with one attached hydrogen (secondary N) is 2. The lowest BCUT2D eigenvalue weighted by Gasteiger charge is -2.11. The number of anilines is 1. The van der Waals surface area contributed by atoms with Gasteiger partial charge in [0.2, 0.25) is 10.0 Å². The summed E-state index contributed by atoms with van der Waals surface area (Å²) in [7, 11) is -3.47. The maximum absolute atomic E-state index is 11.9. The van der Waals surface area contributed by atoms with Gasteiger partial charge in [-0.15, -0.1) is 0 Å². The van der Waals surface area contributed by atoms with Gasteiger partial charge in [0, 0.05) is 18.8 Å². The van der Waals surface area contributed by atoms with Crippen LogP contribution in [-0.4, -0.2) is 33.6 Å². The van der Waals surface area contributed by atoms with Crippen LogP contribution >= 0.6 is 0 Å². The molecule has 1 aliphatic rings. The third kappa shape index (κ3) is 4.26. The van der Waals surface area contributed by atoms with Crippen molar-refractivity contribution in [2.75, 3.05) is 18.5 Å². The maximum atomic E-state index is 11.9. The van der Waals surface area contributed by atoms with Crippen molar-refractivity contribution in [3.05, 3.63) is 24.3 Å². The molecule has 1 aromatic carbocycles. The van der Waals surface area contributed by atoms with Crippen molar-refractivity contribution in [3.63, 3.8) is 0 Å². The Kier molecular flexibility index (Phi) is 5.33. The fourth-order valence-electron chi connectivity index (χ4n) is 2.04. The lowest BCUT2D eigenvalue weighted by Crippen LogP contribution is -2.27. The van der Waals surface area contributed by atoms with Crippen LogP contribution in [0.2, 0.25) is 0 Å². The van der Waals surface area contributed by atoms with E-state index in [1.165, 1.54) is 12.1 Å². The second-order valence-electron chi connectivity index (χ2n) is 4.91. The Morgan fingerprint density at radius 2 is 2.05 bits per heavy atom. The summed E-state index contributed by atoms with van der Waals surface area (Å²) in [6.07, 6.45) is 1.94. The van der Waals surface area contributed by atoms with Gasteiger partial charge in [-0.2, -0.15) is 0 Å². The first-order valence-corrected chi connectivity index (χ1v) is 8.53. The highest BCUT2D eigenvalue weighted by Gasteiger charge is 2.23. The zero-order valence-electron chi connectivity index (χ0n) is 12.0. The molecule has 0 spiro atoms. The molecule has 0 aliphatic carbocycles. The number of benzene rings is 1. The van der Waals surface area contributed by atoms with Crippen LogP contribution in [0.3, 0.4) is 0 Å². The van der Waals surface area contributed by atoms with E-state index in [-0.39, 0.29) is 10.8 Å². The summed E-state index contributed by atoms with van der Waals surface area (Å²) in [6, 6.07) is 6.10. The van der Waals surface area contributed by atoms with Gasteiger partial charge in [0.15, 0.2) is 0 Å². The van der Waals surface area contributed by atoms with Crippen molar-refractivity contribution in [1.29, 1.82) is 0 Å². The normalized spacial score (nSPS) is 18.6. The lowest BCUT2D eigenvalue weighted by molar-refractivity contribution is -0.124. The second-order valence-corrected chi connectivity index (χ2v) is 6.68. The van der Waals surface area contributed by atoms with Gasteiger partial charge in [-0.1, -0.05) is 6.92 Å². The Bertz CT molecular complexity index is 577. The first-order chi connectivity index (χ1) is 10.0. The summed E-state index contributed by atoms with van der Waals surface area (Å²) >= 11 is 0. The molecule has 1 amide bonds. The second kappa shape index (κ2) is 7.02. The Labute approximate surface area is 124 Å². The van der Waals surface area contributed by atoms with Crippen LogP contribution in [0.15, 0.2) is 29.2 Å². The molecule has 1 aliphatic heterocycles. The van der Waals surface area contributed by atoms with E-state index in [9.17, 15) is 13.2 Å². The molecule has 2 rings (SSSR count). The molecule has 0 aromatic heterocycles. The predicted octanol–water partition coefficient (Wildman–Crippen LogP) is 1.49. The van der Waals surface area contributed by atoms with Gasteiger partial charge < -0.3 is 10.1 Å². The third-order valence-electron chi connectivity index (χ3n) is 3.20. The predicted molar refractivity (Wildman–Crippen MR) is 79.5 cm³/mol. The average molecular weight is 312 g/mol. The largest absolute Gasteiger partial charge is 0.368 e. The summed E-state index contributed by atoms with van der Waals surface area (Å²) in [5, 5.41) is 2.73. The van der Waals surface area contributed by atoms with E-state index in [2.05, 4.69) is 10.0 Å². The van der Waals surface area contributed by atoms with Crippen LogP contribution in [0.5, 0.6) is 0 Å². The Balaban J connectivity index is 2.00. The molecule has 116 valence electrons. The minimum atomic E-state index is -3.47. The average Bonchev–Trinajstić information content (AvgIpc) is 3.00. The van der Waals surface area contributed by atoms with Crippen molar-refractivity contribution in [2.24, 2.45) is 0 Å². The molecule has 2 N–H and O–H groups in total. The molecule has 21 heavy (non-hydrogen) atoms. The van der Waals surface area contributed by atoms with Gasteiger partial charge in [-0.25, -0.2) is 13.1 Å². The molecule has 1 heterocycles. The number of carbonyl (C=O) groups is 1. The van der Waals surface area contributed by atoms with Gasteiger partial charge in [-0.3, -0.25) is 4.79 Å². The van der Waals surface area contributed by atoms with E-state index in [1.54, 1.807) is 12.1 Å². The number of hydrogen-bond donors (Lipinski definition) is 2. The zero-order valence-corrected chi connectivity index (χ0v) is 12.8. The highest BCUT2D eigenvalue weighted by molar-refractivity contribution is 7.89. The molecule has 0 radical (unpaired) electrons. The molecule has 1 fully saturated rings. The standard InChI is InChI=1S/C14H20N2O4S/c1-2-9-15-21(18,19)12-7-5-11(6-8-12)16-14(17)13-4-3-10-20-13/h5-8,13,15H,2-4,9-10H2,1H3,(H,16,17)/t13-/m1/s1. The van der Waals surface area contributed by atoms with Crippen LogP contribution in [0.4, 0.5) is 5.69 Å². The van der Waals surface area contributed by atoms with Crippen LogP contribution in [-0.2, 0) is 19.6 Å². The maximum Gasteiger partial charge on any atom is 0.253 e.